The zero-order valence-electron chi connectivity index (χ0n) is 10.6. The van der Waals surface area contributed by atoms with Crippen molar-refractivity contribution in [2.45, 2.75) is 25.1 Å². The lowest BCUT2D eigenvalue weighted by Gasteiger charge is -2.10. The number of carbonyl (C=O) groups is 1. The number of carbonyl (C=O) groups excluding carboxylic acids is 1. The molecule has 0 aromatic heterocycles. The highest BCUT2D eigenvalue weighted by Gasteiger charge is 2.34. The Bertz CT molecular complexity index is 498. The molecule has 1 saturated carbocycles. The van der Waals surface area contributed by atoms with Crippen LogP contribution in [0.4, 0.5) is 17.6 Å². The number of hydrogen-bond donors (Lipinski definition) is 2. The summed E-state index contributed by atoms with van der Waals surface area (Å²) in [4.78, 5) is 11.7. The quantitative estimate of drug-likeness (QED) is 0.645. The molecule has 0 unspecified atom stereocenters. The van der Waals surface area contributed by atoms with E-state index < -0.39 is 23.5 Å². The van der Waals surface area contributed by atoms with Gasteiger partial charge in [-0.05, 0) is 31.0 Å². The SMILES string of the molecule is O=C(NCCNC1CC1)c1ccc(F)c(C(F)(F)F)c1. The first-order chi connectivity index (χ1) is 9.38. The van der Waals surface area contributed by atoms with E-state index in [-0.39, 0.29) is 5.56 Å². The van der Waals surface area contributed by atoms with Crippen LogP contribution in [0.3, 0.4) is 0 Å². The molecule has 1 amide bonds. The van der Waals surface area contributed by atoms with Crippen LogP contribution in [-0.4, -0.2) is 25.0 Å². The van der Waals surface area contributed by atoms with Crippen LogP contribution in [0, 0.1) is 5.82 Å². The van der Waals surface area contributed by atoms with Crippen LogP contribution in [-0.2, 0) is 6.18 Å². The van der Waals surface area contributed by atoms with E-state index in [1.54, 1.807) is 0 Å². The minimum absolute atomic E-state index is 0.204. The molecule has 0 aliphatic heterocycles. The molecule has 3 nitrogen and oxygen atoms in total. The van der Waals surface area contributed by atoms with Crippen LogP contribution in [0.2, 0.25) is 0 Å². The van der Waals surface area contributed by atoms with E-state index in [1.807, 2.05) is 0 Å². The normalized spacial score (nSPS) is 15.2. The molecule has 0 saturated heterocycles. The highest BCUT2D eigenvalue weighted by molar-refractivity contribution is 5.94. The van der Waals surface area contributed by atoms with E-state index in [4.69, 9.17) is 0 Å². The van der Waals surface area contributed by atoms with Crippen LogP contribution in [0.1, 0.15) is 28.8 Å². The first-order valence-corrected chi connectivity index (χ1v) is 6.26. The molecule has 7 heteroatoms. The van der Waals surface area contributed by atoms with Crippen molar-refractivity contribution in [3.63, 3.8) is 0 Å². The van der Waals surface area contributed by atoms with Gasteiger partial charge in [-0.2, -0.15) is 13.2 Å². The lowest BCUT2D eigenvalue weighted by molar-refractivity contribution is -0.140. The summed E-state index contributed by atoms with van der Waals surface area (Å²) in [5.74, 6) is -2.03. The molecule has 0 radical (unpaired) electrons. The number of rotatable bonds is 5. The Kier molecular flexibility index (Phi) is 4.27. The number of hydrogen-bond acceptors (Lipinski definition) is 2. The molecule has 1 aromatic rings. The van der Waals surface area contributed by atoms with E-state index in [0.29, 0.717) is 31.3 Å². The van der Waals surface area contributed by atoms with Crippen LogP contribution in [0.25, 0.3) is 0 Å². The van der Waals surface area contributed by atoms with Crippen molar-refractivity contribution in [3.8, 4) is 0 Å². The second-order valence-electron chi connectivity index (χ2n) is 4.68. The van der Waals surface area contributed by atoms with Crippen LogP contribution < -0.4 is 10.6 Å². The predicted molar refractivity (Wildman–Crippen MR) is 64.8 cm³/mol. The van der Waals surface area contributed by atoms with Gasteiger partial charge in [-0.3, -0.25) is 4.79 Å². The molecule has 1 fully saturated rings. The van der Waals surface area contributed by atoms with Crippen molar-refractivity contribution < 1.29 is 22.4 Å². The van der Waals surface area contributed by atoms with Gasteiger partial charge in [0.1, 0.15) is 5.82 Å². The first kappa shape index (κ1) is 14.8. The molecule has 2 N–H and O–H groups in total. The van der Waals surface area contributed by atoms with Crippen molar-refractivity contribution in [3.05, 3.63) is 35.1 Å². The number of amides is 1. The molecule has 2 rings (SSSR count). The monoisotopic (exact) mass is 290 g/mol. The summed E-state index contributed by atoms with van der Waals surface area (Å²) in [7, 11) is 0. The number of halogens is 4. The Morgan fingerprint density at radius 3 is 2.55 bits per heavy atom. The van der Waals surface area contributed by atoms with Gasteiger partial charge in [-0.25, -0.2) is 4.39 Å². The van der Waals surface area contributed by atoms with Crippen molar-refractivity contribution in [1.82, 2.24) is 10.6 Å². The summed E-state index contributed by atoms with van der Waals surface area (Å²) < 4.78 is 50.6. The Labute approximate surface area is 113 Å². The van der Waals surface area contributed by atoms with Gasteiger partial charge in [0.15, 0.2) is 0 Å². The molecular formula is C13H14F4N2O. The van der Waals surface area contributed by atoms with Gasteiger partial charge in [0.05, 0.1) is 5.56 Å². The summed E-state index contributed by atoms with van der Waals surface area (Å²) in [5, 5.41) is 5.64. The van der Waals surface area contributed by atoms with Gasteiger partial charge in [0, 0.05) is 24.7 Å². The van der Waals surface area contributed by atoms with Crippen LogP contribution in [0.15, 0.2) is 18.2 Å². The van der Waals surface area contributed by atoms with E-state index in [1.165, 1.54) is 0 Å². The van der Waals surface area contributed by atoms with Gasteiger partial charge in [-0.15, -0.1) is 0 Å². The van der Waals surface area contributed by atoms with Gasteiger partial charge in [0.2, 0.25) is 0 Å². The van der Waals surface area contributed by atoms with Crippen molar-refractivity contribution >= 4 is 5.91 Å². The fourth-order valence-corrected chi connectivity index (χ4v) is 1.73. The average Bonchev–Trinajstić information content (AvgIpc) is 3.17. The summed E-state index contributed by atoms with van der Waals surface area (Å²) >= 11 is 0. The van der Waals surface area contributed by atoms with Gasteiger partial charge < -0.3 is 10.6 Å². The van der Waals surface area contributed by atoms with Gasteiger partial charge in [0.25, 0.3) is 5.91 Å². The molecular weight excluding hydrogens is 276 g/mol. The predicted octanol–water partition coefficient (Wildman–Crippen LogP) is 2.33. The highest BCUT2D eigenvalue weighted by Crippen LogP contribution is 2.31. The fraction of sp³-hybridized carbons (Fsp3) is 0.462. The number of nitrogens with one attached hydrogen (secondary N) is 2. The Balaban J connectivity index is 1.94. The molecule has 1 aliphatic rings. The molecule has 110 valence electrons. The molecule has 20 heavy (non-hydrogen) atoms. The fourth-order valence-electron chi connectivity index (χ4n) is 1.73. The van der Waals surface area contributed by atoms with Crippen molar-refractivity contribution in [2.24, 2.45) is 0 Å². The number of benzene rings is 1. The maximum absolute atomic E-state index is 13.1. The molecule has 0 bridgehead atoms. The van der Waals surface area contributed by atoms with E-state index >= 15 is 0 Å². The average molecular weight is 290 g/mol. The second kappa shape index (κ2) is 5.78. The minimum Gasteiger partial charge on any atom is -0.351 e. The minimum atomic E-state index is -4.81. The third-order valence-corrected chi connectivity index (χ3v) is 2.95. The lowest BCUT2D eigenvalue weighted by atomic mass is 10.1. The summed E-state index contributed by atoms with van der Waals surface area (Å²) in [6, 6.07) is 2.71. The van der Waals surface area contributed by atoms with Crippen LogP contribution in [0.5, 0.6) is 0 Å². The molecule has 1 aromatic carbocycles. The Morgan fingerprint density at radius 2 is 1.95 bits per heavy atom. The smallest absolute Gasteiger partial charge is 0.351 e. The zero-order valence-corrected chi connectivity index (χ0v) is 10.6. The van der Waals surface area contributed by atoms with Gasteiger partial charge >= 0.3 is 6.18 Å². The third kappa shape index (κ3) is 3.93. The summed E-state index contributed by atoms with van der Waals surface area (Å²) in [6.45, 7) is 0.873. The third-order valence-electron chi connectivity index (χ3n) is 2.95. The van der Waals surface area contributed by atoms with E-state index in [9.17, 15) is 22.4 Å². The Hall–Kier alpha value is -1.63. The first-order valence-electron chi connectivity index (χ1n) is 6.26. The molecule has 1 aliphatic carbocycles. The number of alkyl halides is 3. The standard InChI is InChI=1S/C13H14F4N2O/c14-11-4-1-8(7-10(11)13(15,16)17)12(20)19-6-5-18-9-2-3-9/h1,4,7,9,18H,2-3,5-6H2,(H,19,20). The largest absolute Gasteiger partial charge is 0.419 e. The van der Waals surface area contributed by atoms with Gasteiger partial charge in [-0.1, -0.05) is 0 Å². The topological polar surface area (TPSA) is 41.1 Å². The van der Waals surface area contributed by atoms with E-state index in [2.05, 4.69) is 10.6 Å². The molecule has 0 heterocycles. The second-order valence-corrected chi connectivity index (χ2v) is 4.68. The molecule has 0 spiro atoms. The van der Waals surface area contributed by atoms with Crippen LogP contribution >= 0.6 is 0 Å². The van der Waals surface area contributed by atoms with E-state index in [0.717, 1.165) is 18.9 Å². The summed E-state index contributed by atoms with van der Waals surface area (Å²) in [5.41, 5.74) is -1.63. The van der Waals surface area contributed by atoms with Crippen molar-refractivity contribution in [2.75, 3.05) is 13.1 Å². The Morgan fingerprint density at radius 1 is 1.25 bits per heavy atom. The molecule has 0 atom stereocenters. The maximum atomic E-state index is 13.1. The maximum Gasteiger partial charge on any atom is 0.419 e. The lowest BCUT2D eigenvalue weighted by Crippen LogP contribution is -2.32. The summed E-state index contributed by atoms with van der Waals surface area (Å²) in [6.07, 6.45) is -2.59. The highest BCUT2D eigenvalue weighted by atomic mass is 19.4. The van der Waals surface area contributed by atoms with Crippen molar-refractivity contribution in [1.29, 1.82) is 0 Å². The zero-order chi connectivity index (χ0) is 14.8.